The molecule has 0 spiro atoms. The number of nitrogens with one attached hydrogen (secondary N) is 1. The van der Waals surface area contributed by atoms with Gasteiger partial charge in [0.15, 0.2) is 11.5 Å². The van der Waals surface area contributed by atoms with Gasteiger partial charge in [-0.3, -0.25) is 0 Å². The molecule has 1 aromatic heterocycles. The predicted octanol–water partition coefficient (Wildman–Crippen LogP) is 2.16. The molecule has 144 valence electrons. The average Bonchev–Trinajstić information content (AvgIpc) is 3.18. The van der Waals surface area contributed by atoms with E-state index in [0.29, 0.717) is 46.5 Å². The molecule has 1 aromatic carbocycles. The lowest BCUT2D eigenvalue weighted by atomic mass is 9.93. The predicted molar refractivity (Wildman–Crippen MR) is 97.2 cm³/mol. The first-order valence-electron chi connectivity index (χ1n) is 8.37. The van der Waals surface area contributed by atoms with Gasteiger partial charge in [-0.1, -0.05) is 6.92 Å². The van der Waals surface area contributed by atoms with E-state index in [4.69, 9.17) is 18.9 Å². The highest BCUT2D eigenvalue weighted by molar-refractivity contribution is 5.92. The molecule has 0 bridgehead atoms. The van der Waals surface area contributed by atoms with Crippen molar-refractivity contribution in [3.8, 4) is 17.2 Å². The number of rotatable bonds is 6. The Balaban J connectivity index is 2.30. The molecular weight excluding hydrogens is 352 g/mol. The van der Waals surface area contributed by atoms with E-state index >= 15 is 0 Å². The van der Waals surface area contributed by atoms with Crippen molar-refractivity contribution in [2.45, 2.75) is 19.4 Å². The molecule has 1 N–H and O–H groups in total. The second kappa shape index (κ2) is 7.56. The van der Waals surface area contributed by atoms with Gasteiger partial charge in [0.2, 0.25) is 5.95 Å². The summed E-state index contributed by atoms with van der Waals surface area (Å²) in [7, 11) is 6.00. The standard InChI is InChI=1S/C18H22N4O5/c1-6-11-15(17(23)27-5)16(22-18(21-11)19-9-20-22)10-7-13(25-3)14(26-4)8-12(10)24-2/h7-9,16H,6H2,1-5H3,(H,19,20,21)/t16-/m1/s1. The summed E-state index contributed by atoms with van der Waals surface area (Å²) < 4.78 is 23.0. The second-order valence-corrected chi connectivity index (χ2v) is 5.74. The van der Waals surface area contributed by atoms with E-state index in [0.717, 1.165) is 0 Å². The van der Waals surface area contributed by atoms with E-state index in [1.807, 2.05) is 6.92 Å². The Hall–Kier alpha value is -3.23. The van der Waals surface area contributed by atoms with Gasteiger partial charge in [0.25, 0.3) is 0 Å². The minimum Gasteiger partial charge on any atom is -0.496 e. The van der Waals surface area contributed by atoms with Gasteiger partial charge in [-0.2, -0.15) is 10.1 Å². The summed E-state index contributed by atoms with van der Waals surface area (Å²) in [4.78, 5) is 16.9. The third kappa shape index (κ3) is 3.05. The molecule has 0 unspecified atom stereocenters. The molecule has 0 aliphatic carbocycles. The molecule has 1 aliphatic rings. The number of fused-ring (bicyclic) bond motifs is 1. The van der Waals surface area contributed by atoms with E-state index in [-0.39, 0.29) is 0 Å². The lowest BCUT2D eigenvalue weighted by molar-refractivity contribution is -0.136. The Morgan fingerprint density at radius 2 is 1.78 bits per heavy atom. The number of nitrogens with zero attached hydrogens (tertiary/aromatic N) is 3. The van der Waals surface area contributed by atoms with E-state index < -0.39 is 12.0 Å². The van der Waals surface area contributed by atoms with Crippen molar-refractivity contribution in [2.24, 2.45) is 0 Å². The molecule has 2 aromatic rings. The maximum Gasteiger partial charge on any atom is 0.338 e. The molecule has 0 fully saturated rings. The molecule has 3 rings (SSSR count). The van der Waals surface area contributed by atoms with Crippen molar-refractivity contribution < 1.29 is 23.7 Å². The first-order chi connectivity index (χ1) is 13.1. The normalized spacial score (nSPS) is 15.7. The van der Waals surface area contributed by atoms with Crippen LogP contribution < -0.4 is 19.5 Å². The highest BCUT2D eigenvalue weighted by Gasteiger charge is 2.37. The number of hydrogen-bond donors (Lipinski definition) is 1. The van der Waals surface area contributed by atoms with Crippen LogP contribution in [0.2, 0.25) is 0 Å². The fraction of sp³-hybridized carbons (Fsp3) is 0.389. The second-order valence-electron chi connectivity index (χ2n) is 5.74. The minimum atomic E-state index is -0.596. The third-order valence-electron chi connectivity index (χ3n) is 4.47. The van der Waals surface area contributed by atoms with Gasteiger partial charge in [0.1, 0.15) is 18.1 Å². The highest BCUT2D eigenvalue weighted by atomic mass is 16.5. The lowest BCUT2D eigenvalue weighted by Crippen LogP contribution is -2.30. The smallest absolute Gasteiger partial charge is 0.338 e. The van der Waals surface area contributed by atoms with Crippen molar-refractivity contribution in [3.63, 3.8) is 0 Å². The SMILES string of the molecule is CCC1=C(C(=O)OC)[C@@H](c2cc(OC)c(OC)cc2OC)n2ncnc2N1. The zero-order valence-electron chi connectivity index (χ0n) is 15.9. The first-order valence-corrected chi connectivity index (χ1v) is 8.37. The van der Waals surface area contributed by atoms with Crippen LogP contribution in [0.1, 0.15) is 24.9 Å². The largest absolute Gasteiger partial charge is 0.496 e. The topological polar surface area (TPSA) is 96.7 Å². The summed E-state index contributed by atoms with van der Waals surface area (Å²) in [6, 6.07) is 2.89. The number of carbonyl (C=O) groups is 1. The average molecular weight is 374 g/mol. The van der Waals surface area contributed by atoms with Gasteiger partial charge >= 0.3 is 5.97 Å². The van der Waals surface area contributed by atoms with E-state index in [1.54, 1.807) is 38.1 Å². The number of ether oxygens (including phenoxy) is 4. The van der Waals surface area contributed by atoms with Crippen molar-refractivity contribution in [2.75, 3.05) is 33.8 Å². The number of hydrogen-bond acceptors (Lipinski definition) is 8. The quantitative estimate of drug-likeness (QED) is 0.769. The van der Waals surface area contributed by atoms with Crippen LogP contribution in [0.5, 0.6) is 17.2 Å². The molecule has 0 saturated heterocycles. The van der Waals surface area contributed by atoms with Crippen molar-refractivity contribution in [1.82, 2.24) is 14.8 Å². The van der Waals surface area contributed by atoms with Crippen LogP contribution in [0.4, 0.5) is 5.95 Å². The van der Waals surface area contributed by atoms with Gasteiger partial charge in [0, 0.05) is 17.3 Å². The minimum absolute atomic E-state index is 0.434. The van der Waals surface area contributed by atoms with Gasteiger partial charge < -0.3 is 24.3 Å². The Bertz CT molecular complexity index is 890. The number of benzene rings is 1. The molecule has 0 saturated carbocycles. The monoisotopic (exact) mass is 374 g/mol. The number of methoxy groups -OCH3 is 4. The Kier molecular flexibility index (Phi) is 5.20. The molecule has 1 aliphatic heterocycles. The summed E-state index contributed by atoms with van der Waals surface area (Å²) in [5, 5.41) is 7.45. The summed E-state index contributed by atoms with van der Waals surface area (Å²) in [5.74, 6) is 1.63. The Morgan fingerprint density at radius 1 is 1.11 bits per heavy atom. The first kappa shape index (κ1) is 18.6. The zero-order chi connectivity index (χ0) is 19.6. The summed E-state index contributed by atoms with van der Waals surface area (Å²) in [6.45, 7) is 1.94. The van der Waals surface area contributed by atoms with Crippen LogP contribution in [0.25, 0.3) is 0 Å². The molecule has 0 amide bonds. The molecule has 9 heteroatoms. The van der Waals surface area contributed by atoms with Crippen LogP contribution >= 0.6 is 0 Å². The maximum atomic E-state index is 12.7. The Morgan fingerprint density at radius 3 is 2.37 bits per heavy atom. The van der Waals surface area contributed by atoms with Gasteiger partial charge in [-0.05, 0) is 12.5 Å². The summed E-state index contributed by atoms with van der Waals surface area (Å²) in [5.41, 5.74) is 1.82. The zero-order valence-corrected chi connectivity index (χ0v) is 15.9. The molecule has 9 nitrogen and oxygen atoms in total. The molecule has 0 radical (unpaired) electrons. The third-order valence-corrected chi connectivity index (χ3v) is 4.47. The molecular formula is C18H22N4O5. The maximum absolute atomic E-state index is 12.7. The van der Waals surface area contributed by atoms with Gasteiger partial charge in [0.05, 0.1) is 34.0 Å². The van der Waals surface area contributed by atoms with Crippen molar-refractivity contribution >= 4 is 11.9 Å². The van der Waals surface area contributed by atoms with Gasteiger partial charge in [-0.25, -0.2) is 9.48 Å². The molecule has 27 heavy (non-hydrogen) atoms. The summed E-state index contributed by atoms with van der Waals surface area (Å²) >= 11 is 0. The van der Waals surface area contributed by atoms with Gasteiger partial charge in [-0.15, -0.1) is 0 Å². The fourth-order valence-electron chi connectivity index (χ4n) is 3.20. The highest BCUT2D eigenvalue weighted by Crippen LogP contribution is 2.44. The fourth-order valence-corrected chi connectivity index (χ4v) is 3.20. The number of carbonyl (C=O) groups excluding carboxylic acids is 1. The van der Waals surface area contributed by atoms with Crippen LogP contribution in [0.15, 0.2) is 29.7 Å². The van der Waals surface area contributed by atoms with E-state index in [9.17, 15) is 4.79 Å². The molecule has 2 heterocycles. The van der Waals surface area contributed by atoms with E-state index in [1.165, 1.54) is 13.4 Å². The number of aromatic nitrogens is 3. The number of esters is 1. The number of allylic oxidation sites excluding steroid dienone is 1. The summed E-state index contributed by atoms with van der Waals surface area (Å²) in [6.07, 6.45) is 2.01. The lowest BCUT2D eigenvalue weighted by Gasteiger charge is -2.30. The van der Waals surface area contributed by atoms with Crippen molar-refractivity contribution in [3.05, 3.63) is 35.3 Å². The number of anilines is 1. The van der Waals surface area contributed by atoms with Crippen LogP contribution in [0, 0.1) is 0 Å². The molecule has 1 atom stereocenters. The van der Waals surface area contributed by atoms with Crippen molar-refractivity contribution in [1.29, 1.82) is 0 Å². The van der Waals surface area contributed by atoms with Crippen LogP contribution in [0.3, 0.4) is 0 Å². The van der Waals surface area contributed by atoms with Crippen LogP contribution in [-0.2, 0) is 9.53 Å². The van der Waals surface area contributed by atoms with Crippen LogP contribution in [-0.4, -0.2) is 49.2 Å². The Labute approximate surface area is 156 Å². The van der Waals surface area contributed by atoms with E-state index in [2.05, 4.69) is 15.4 Å².